The van der Waals surface area contributed by atoms with Crippen LogP contribution in [0.4, 0.5) is 13.2 Å². The van der Waals surface area contributed by atoms with Crippen LogP contribution in [0.25, 0.3) is 0 Å². The lowest BCUT2D eigenvalue weighted by molar-refractivity contribution is -0.138. The molecule has 1 aromatic heterocycles. The fraction of sp³-hybridized carbons (Fsp3) is 0.385. The van der Waals surface area contributed by atoms with Gasteiger partial charge in [-0.25, -0.2) is 4.98 Å². The molecule has 0 amide bonds. The van der Waals surface area contributed by atoms with Crippen LogP contribution in [0.3, 0.4) is 0 Å². The zero-order valence-electron chi connectivity index (χ0n) is 11.4. The van der Waals surface area contributed by atoms with Gasteiger partial charge in [-0.05, 0) is 24.7 Å². The monoisotopic (exact) mass is 362 g/mol. The zero-order chi connectivity index (χ0) is 15.6. The molecule has 1 atom stereocenters. The Kier molecular flexibility index (Phi) is 4.67. The molecule has 21 heavy (non-hydrogen) atoms. The molecule has 0 fully saturated rings. The van der Waals surface area contributed by atoms with Gasteiger partial charge in [0.15, 0.2) is 0 Å². The number of hydrogen-bond acceptors (Lipinski definition) is 3. The normalized spacial score (nSPS) is 13.4. The maximum absolute atomic E-state index is 13.2. The van der Waals surface area contributed by atoms with E-state index < -0.39 is 17.8 Å². The molecule has 1 unspecified atom stereocenters. The minimum absolute atomic E-state index is 0.191. The molecule has 1 heterocycles. The Morgan fingerprint density at radius 2 is 2.10 bits per heavy atom. The Balaban J connectivity index is 2.40. The van der Waals surface area contributed by atoms with Crippen LogP contribution in [-0.4, -0.2) is 21.8 Å². The summed E-state index contributed by atoms with van der Waals surface area (Å²) in [4.78, 5) is 4.06. The maximum Gasteiger partial charge on any atom is 0.416 e. The first-order valence-corrected chi connectivity index (χ1v) is 6.99. The van der Waals surface area contributed by atoms with E-state index in [9.17, 15) is 13.2 Å². The van der Waals surface area contributed by atoms with E-state index in [0.29, 0.717) is 16.7 Å². The first kappa shape index (κ1) is 16.0. The molecular weight excluding hydrogens is 349 g/mol. The third kappa shape index (κ3) is 3.62. The van der Waals surface area contributed by atoms with Gasteiger partial charge >= 0.3 is 6.18 Å². The highest BCUT2D eigenvalue weighted by Gasteiger charge is 2.35. The van der Waals surface area contributed by atoms with Gasteiger partial charge in [0.1, 0.15) is 12.2 Å². The second-order valence-corrected chi connectivity index (χ2v) is 5.49. The summed E-state index contributed by atoms with van der Waals surface area (Å²) < 4.78 is 41.6. The summed E-state index contributed by atoms with van der Waals surface area (Å²) in [5, 5.41) is 6.85. The Labute approximate surface area is 128 Å². The summed E-state index contributed by atoms with van der Waals surface area (Å²) in [7, 11) is 3.34. The molecule has 0 spiro atoms. The van der Waals surface area contributed by atoms with Crippen molar-refractivity contribution >= 4 is 15.9 Å². The summed E-state index contributed by atoms with van der Waals surface area (Å²) in [5.74, 6) is 0.616. The highest BCUT2D eigenvalue weighted by atomic mass is 79.9. The molecule has 0 saturated carbocycles. The van der Waals surface area contributed by atoms with Crippen molar-refractivity contribution in [3.63, 3.8) is 0 Å². The second-order valence-electron chi connectivity index (χ2n) is 4.57. The molecular formula is C13H14BrF3N4. The predicted molar refractivity (Wildman–Crippen MR) is 75.7 cm³/mol. The second kappa shape index (κ2) is 6.15. The van der Waals surface area contributed by atoms with Crippen molar-refractivity contribution in [2.24, 2.45) is 7.05 Å². The van der Waals surface area contributed by atoms with Crippen molar-refractivity contribution in [3.8, 4) is 0 Å². The number of rotatable bonds is 4. The van der Waals surface area contributed by atoms with E-state index in [1.165, 1.54) is 12.4 Å². The van der Waals surface area contributed by atoms with Crippen LogP contribution in [0.5, 0.6) is 0 Å². The highest BCUT2D eigenvalue weighted by molar-refractivity contribution is 9.10. The Hall–Kier alpha value is -1.41. The molecule has 4 nitrogen and oxygen atoms in total. The number of nitrogens with zero attached hydrogens (tertiary/aromatic N) is 3. The van der Waals surface area contributed by atoms with Gasteiger partial charge < -0.3 is 5.32 Å². The van der Waals surface area contributed by atoms with Crippen molar-refractivity contribution in [1.29, 1.82) is 0 Å². The van der Waals surface area contributed by atoms with Gasteiger partial charge in [0.2, 0.25) is 0 Å². The van der Waals surface area contributed by atoms with Crippen molar-refractivity contribution in [2.75, 3.05) is 7.05 Å². The smallest absolute Gasteiger partial charge is 0.313 e. The van der Waals surface area contributed by atoms with E-state index in [1.807, 2.05) is 0 Å². The summed E-state index contributed by atoms with van der Waals surface area (Å²) in [6.07, 6.45) is -2.71. The van der Waals surface area contributed by atoms with Crippen molar-refractivity contribution in [3.05, 3.63) is 46.0 Å². The number of aromatic nitrogens is 3. The summed E-state index contributed by atoms with van der Waals surface area (Å²) in [6, 6.07) is 3.67. The largest absolute Gasteiger partial charge is 0.416 e. The van der Waals surface area contributed by atoms with Crippen molar-refractivity contribution in [1.82, 2.24) is 20.1 Å². The number of hydrogen-bond donors (Lipinski definition) is 1. The van der Waals surface area contributed by atoms with E-state index in [2.05, 4.69) is 31.3 Å². The Bertz CT molecular complexity index is 624. The van der Waals surface area contributed by atoms with E-state index in [-0.39, 0.29) is 5.56 Å². The van der Waals surface area contributed by atoms with Gasteiger partial charge in [0, 0.05) is 24.0 Å². The molecule has 0 bridgehead atoms. The molecule has 1 N–H and O–H groups in total. The number of alkyl halides is 3. The van der Waals surface area contributed by atoms with Gasteiger partial charge in [-0.15, -0.1) is 0 Å². The molecule has 1 aromatic carbocycles. The topological polar surface area (TPSA) is 42.7 Å². The number of aryl methyl sites for hydroxylation is 1. The Morgan fingerprint density at radius 1 is 1.38 bits per heavy atom. The predicted octanol–water partition coefficient (Wildman–Crippen LogP) is 3.10. The number of nitrogens with one attached hydrogen (secondary N) is 1. The SMILES string of the molecule is CNC(Cc1ncnn1C)c1ccc(Br)cc1C(F)(F)F. The molecule has 0 aliphatic heterocycles. The number of likely N-dealkylation sites (N-methyl/N-ethyl adjacent to an activating group) is 1. The number of halogens is 4. The van der Waals surface area contributed by atoms with Crippen molar-refractivity contribution in [2.45, 2.75) is 18.6 Å². The zero-order valence-corrected chi connectivity index (χ0v) is 13.0. The number of benzene rings is 1. The van der Waals surface area contributed by atoms with Gasteiger partial charge in [-0.1, -0.05) is 22.0 Å². The molecule has 0 saturated heterocycles. The van der Waals surface area contributed by atoms with Gasteiger partial charge in [-0.2, -0.15) is 18.3 Å². The summed E-state index contributed by atoms with van der Waals surface area (Å²) >= 11 is 3.09. The van der Waals surface area contributed by atoms with Crippen LogP contribution in [0.2, 0.25) is 0 Å². The minimum Gasteiger partial charge on any atom is -0.313 e. The molecule has 2 aromatic rings. The lowest BCUT2D eigenvalue weighted by Crippen LogP contribution is -2.24. The van der Waals surface area contributed by atoms with Crippen LogP contribution < -0.4 is 5.32 Å². The van der Waals surface area contributed by atoms with E-state index >= 15 is 0 Å². The van der Waals surface area contributed by atoms with Gasteiger partial charge in [-0.3, -0.25) is 4.68 Å². The Morgan fingerprint density at radius 3 is 2.62 bits per heavy atom. The van der Waals surface area contributed by atoms with Crippen LogP contribution >= 0.6 is 15.9 Å². The quantitative estimate of drug-likeness (QED) is 0.908. The van der Waals surface area contributed by atoms with Crippen LogP contribution in [-0.2, 0) is 19.6 Å². The first-order chi connectivity index (χ1) is 9.82. The molecule has 8 heteroatoms. The third-order valence-corrected chi connectivity index (χ3v) is 3.73. The fourth-order valence-corrected chi connectivity index (χ4v) is 2.49. The van der Waals surface area contributed by atoms with Gasteiger partial charge in [0.05, 0.1) is 5.56 Å². The van der Waals surface area contributed by atoms with E-state index in [1.54, 1.807) is 24.8 Å². The molecule has 2 rings (SSSR count). The fourth-order valence-electron chi connectivity index (χ4n) is 2.13. The molecule has 0 aliphatic carbocycles. The summed E-state index contributed by atoms with van der Waals surface area (Å²) in [5.41, 5.74) is -0.463. The van der Waals surface area contributed by atoms with Crippen LogP contribution in [0.1, 0.15) is 23.0 Å². The van der Waals surface area contributed by atoms with Crippen LogP contribution in [0, 0.1) is 0 Å². The molecule has 0 aliphatic rings. The van der Waals surface area contributed by atoms with E-state index in [4.69, 9.17) is 0 Å². The minimum atomic E-state index is -4.41. The van der Waals surface area contributed by atoms with E-state index in [0.717, 1.165) is 6.07 Å². The first-order valence-electron chi connectivity index (χ1n) is 6.19. The average Bonchev–Trinajstić information content (AvgIpc) is 2.81. The third-order valence-electron chi connectivity index (χ3n) is 3.24. The standard InChI is InChI=1S/C13H14BrF3N4/c1-18-11(6-12-19-7-20-21(12)2)9-4-3-8(14)5-10(9)13(15,16)17/h3-5,7,11,18H,6H2,1-2H3. The van der Waals surface area contributed by atoms with Gasteiger partial charge in [0.25, 0.3) is 0 Å². The summed E-state index contributed by atoms with van der Waals surface area (Å²) in [6.45, 7) is 0. The molecule has 114 valence electrons. The lowest BCUT2D eigenvalue weighted by Gasteiger charge is -2.21. The van der Waals surface area contributed by atoms with Crippen molar-refractivity contribution < 1.29 is 13.2 Å². The maximum atomic E-state index is 13.2. The highest BCUT2D eigenvalue weighted by Crippen LogP contribution is 2.36. The lowest BCUT2D eigenvalue weighted by atomic mass is 9.97. The average molecular weight is 363 g/mol. The molecule has 0 radical (unpaired) electrons. The van der Waals surface area contributed by atoms with Crippen LogP contribution in [0.15, 0.2) is 29.0 Å².